The van der Waals surface area contributed by atoms with Crippen LogP contribution in [0.5, 0.6) is 0 Å². The molecule has 0 saturated carbocycles. The van der Waals surface area contributed by atoms with Crippen molar-refractivity contribution in [3.8, 4) is 0 Å². The van der Waals surface area contributed by atoms with Gasteiger partial charge in [-0.2, -0.15) is 0 Å². The highest BCUT2D eigenvalue weighted by Gasteiger charge is 2.30. The molecule has 0 atom stereocenters. The van der Waals surface area contributed by atoms with E-state index in [1.165, 1.54) is 0 Å². The second-order valence-electron chi connectivity index (χ2n) is 4.99. The fourth-order valence-corrected chi connectivity index (χ4v) is 2.95. The number of fused-ring (bicyclic) bond motifs is 2. The van der Waals surface area contributed by atoms with Crippen LogP contribution in [0.2, 0.25) is 5.02 Å². The lowest BCUT2D eigenvalue weighted by Crippen LogP contribution is -2.33. The third-order valence-corrected chi connectivity index (χ3v) is 4.07. The molecular weight excluding hydrogens is 294 g/mol. The molecule has 0 aliphatic carbocycles. The summed E-state index contributed by atoms with van der Waals surface area (Å²) in [5, 5.41) is 11.0. The Morgan fingerprint density at radius 2 is 2.10 bits per heavy atom. The minimum Gasteiger partial charge on any atom is -0.361 e. The molecule has 8 heteroatoms. The van der Waals surface area contributed by atoms with E-state index in [1.54, 1.807) is 18.5 Å². The number of amides is 1. The monoisotopic (exact) mass is 303 g/mol. The summed E-state index contributed by atoms with van der Waals surface area (Å²) in [5.74, 6) is -0.300. The lowest BCUT2D eigenvalue weighted by Gasteiger charge is -2.30. The van der Waals surface area contributed by atoms with Gasteiger partial charge in [0.15, 0.2) is 5.82 Å². The number of nitrogens with zero attached hydrogens (tertiary/aromatic N) is 4. The number of carbonyl (C=O) groups excluding carboxylic acids is 2. The first kappa shape index (κ1) is 12.3. The number of aromatic nitrogens is 3. The molecule has 2 aliphatic rings. The minimum absolute atomic E-state index is 0.328. The Morgan fingerprint density at radius 3 is 2.95 bits per heavy atom. The normalized spacial score (nSPS) is 16.7. The predicted octanol–water partition coefficient (Wildman–Crippen LogP) is 1.09. The second kappa shape index (κ2) is 4.29. The number of Topliss-reactive ketones (excluding diaryl/α,β-unsaturated/α-hetero) is 1. The van der Waals surface area contributed by atoms with Crippen molar-refractivity contribution in [2.24, 2.45) is 0 Å². The topological polar surface area (TPSA) is 80.1 Å². The summed E-state index contributed by atoms with van der Waals surface area (Å²) in [6, 6.07) is 3.29. The summed E-state index contributed by atoms with van der Waals surface area (Å²) < 4.78 is 1.99. The van der Waals surface area contributed by atoms with Crippen LogP contribution in [0.4, 0.5) is 11.4 Å². The maximum atomic E-state index is 11.7. The van der Waals surface area contributed by atoms with Crippen LogP contribution in [-0.4, -0.2) is 33.0 Å². The highest BCUT2D eigenvalue weighted by atomic mass is 35.5. The van der Waals surface area contributed by atoms with E-state index in [9.17, 15) is 9.59 Å². The smallest absolute Gasteiger partial charge is 0.296 e. The van der Waals surface area contributed by atoms with Crippen LogP contribution in [0.1, 0.15) is 16.2 Å². The summed E-state index contributed by atoms with van der Waals surface area (Å²) in [5.41, 5.74) is 1.62. The van der Waals surface area contributed by atoms with E-state index in [-0.39, 0.29) is 0 Å². The molecule has 2 aliphatic heterocycles. The van der Waals surface area contributed by atoms with Gasteiger partial charge in [-0.1, -0.05) is 11.6 Å². The first-order valence-corrected chi connectivity index (χ1v) is 6.82. The number of benzene rings is 1. The summed E-state index contributed by atoms with van der Waals surface area (Å²) >= 11 is 6.28. The molecule has 3 heterocycles. The molecule has 7 nitrogen and oxygen atoms in total. The molecule has 4 rings (SSSR count). The van der Waals surface area contributed by atoms with Crippen LogP contribution in [-0.2, 0) is 17.9 Å². The van der Waals surface area contributed by atoms with Crippen LogP contribution in [0.3, 0.4) is 0 Å². The molecule has 0 saturated heterocycles. The molecule has 1 aromatic heterocycles. The zero-order chi connectivity index (χ0) is 14.6. The van der Waals surface area contributed by atoms with Crippen molar-refractivity contribution in [1.82, 2.24) is 14.8 Å². The average Bonchev–Trinajstić information content (AvgIpc) is 3.04. The molecular formula is C13H10ClN5O2. The predicted molar refractivity (Wildman–Crippen MR) is 75.5 cm³/mol. The van der Waals surface area contributed by atoms with Crippen LogP contribution in [0.25, 0.3) is 0 Å². The second-order valence-corrected chi connectivity index (χ2v) is 5.40. The molecule has 1 amide bonds. The number of hydrogen-bond acceptors (Lipinski definition) is 5. The van der Waals surface area contributed by atoms with Gasteiger partial charge in [0.25, 0.3) is 11.7 Å². The van der Waals surface area contributed by atoms with Crippen LogP contribution >= 0.6 is 11.6 Å². The van der Waals surface area contributed by atoms with Gasteiger partial charge in [0.1, 0.15) is 6.33 Å². The Kier molecular flexibility index (Phi) is 2.52. The maximum absolute atomic E-state index is 11.7. The van der Waals surface area contributed by atoms with Crippen LogP contribution < -0.4 is 10.2 Å². The third-order valence-electron chi connectivity index (χ3n) is 3.77. The molecule has 0 fully saturated rings. The quantitative estimate of drug-likeness (QED) is 0.798. The van der Waals surface area contributed by atoms with E-state index < -0.39 is 11.7 Å². The number of hydrogen-bond donors (Lipinski definition) is 1. The lowest BCUT2D eigenvalue weighted by atomic mass is 10.1. The van der Waals surface area contributed by atoms with Crippen molar-refractivity contribution in [2.75, 3.05) is 16.8 Å². The van der Waals surface area contributed by atoms with Crippen LogP contribution in [0, 0.1) is 0 Å². The van der Waals surface area contributed by atoms with Crippen molar-refractivity contribution in [2.45, 2.75) is 13.1 Å². The number of ketones is 1. The van der Waals surface area contributed by atoms with E-state index >= 15 is 0 Å². The lowest BCUT2D eigenvalue weighted by molar-refractivity contribution is -0.112. The van der Waals surface area contributed by atoms with Gasteiger partial charge in [0.2, 0.25) is 0 Å². The highest BCUT2D eigenvalue weighted by molar-refractivity contribution is 6.52. The highest BCUT2D eigenvalue weighted by Crippen LogP contribution is 2.36. The van der Waals surface area contributed by atoms with Crippen molar-refractivity contribution in [3.63, 3.8) is 0 Å². The number of halogens is 1. The van der Waals surface area contributed by atoms with E-state index in [4.69, 9.17) is 11.6 Å². The Labute approximate surface area is 124 Å². The molecule has 2 aromatic rings. The first-order valence-electron chi connectivity index (χ1n) is 6.44. The summed E-state index contributed by atoms with van der Waals surface area (Å²) in [6.07, 6.45) is 1.70. The van der Waals surface area contributed by atoms with E-state index in [1.807, 2.05) is 4.57 Å². The van der Waals surface area contributed by atoms with Gasteiger partial charge in [-0.05, 0) is 12.1 Å². The molecule has 0 bridgehead atoms. The Bertz CT molecular complexity index is 785. The van der Waals surface area contributed by atoms with Gasteiger partial charge in [0, 0.05) is 13.1 Å². The van der Waals surface area contributed by atoms with Crippen molar-refractivity contribution >= 4 is 34.7 Å². The molecule has 0 radical (unpaired) electrons. The molecule has 0 spiro atoms. The standard InChI is InChI=1S/C13H10ClN5O2/c14-8-3-7-9(16-13(21)12(7)20)4-10(8)18-1-2-19-6-15-17-11(19)5-18/h3-4,6H,1-2,5H2,(H,16,20,21). The molecule has 21 heavy (non-hydrogen) atoms. The van der Waals surface area contributed by atoms with Crippen molar-refractivity contribution in [3.05, 3.63) is 34.9 Å². The van der Waals surface area contributed by atoms with Gasteiger partial charge in [-0.25, -0.2) is 0 Å². The zero-order valence-corrected chi connectivity index (χ0v) is 11.6. The van der Waals surface area contributed by atoms with E-state index in [0.29, 0.717) is 22.8 Å². The zero-order valence-electron chi connectivity index (χ0n) is 10.8. The number of anilines is 2. The molecule has 106 valence electrons. The molecule has 1 N–H and O–H groups in total. The minimum atomic E-state index is -0.614. The van der Waals surface area contributed by atoms with Gasteiger partial charge >= 0.3 is 0 Å². The number of rotatable bonds is 1. The largest absolute Gasteiger partial charge is 0.361 e. The van der Waals surface area contributed by atoms with Gasteiger partial charge in [0.05, 0.1) is 28.5 Å². The Morgan fingerprint density at radius 1 is 1.24 bits per heavy atom. The Hall–Kier alpha value is -2.41. The van der Waals surface area contributed by atoms with Gasteiger partial charge < -0.3 is 14.8 Å². The molecule has 1 aromatic carbocycles. The maximum Gasteiger partial charge on any atom is 0.296 e. The third kappa shape index (κ3) is 1.81. The summed E-state index contributed by atoms with van der Waals surface area (Å²) in [7, 11) is 0. The summed E-state index contributed by atoms with van der Waals surface area (Å²) in [6.45, 7) is 2.10. The van der Waals surface area contributed by atoms with Crippen molar-refractivity contribution < 1.29 is 9.59 Å². The molecule has 0 unspecified atom stereocenters. The SMILES string of the molecule is O=C1Nc2cc(N3CCn4cnnc4C3)c(Cl)cc2C1=O. The van der Waals surface area contributed by atoms with Crippen molar-refractivity contribution in [1.29, 1.82) is 0 Å². The van der Waals surface area contributed by atoms with Gasteiger partial charge in [-0.3, -0.25) is 9.59 Å². The summed E-state index contributed by atoms with van der Waals surface area (Å²) in [4.78, 5) is 25.1. The fraction of sp³-hybridized carbons (Fsp3) is 0.231. The number of carbonyl (C=O) groups is 2. The van der Waals surface area contributed by atoms with E-state index in [2.05, 4.69) is 20.4 Å². The Balaban J connectivity index is 1.73. The average molecular weight is 304 g/mol. The van der Waals surface area contributed by atoms with E-state index in [0.717, 1.165) is 24.6 Å². The number of nitrogens with one attached hydrogen (secondary N) is 1. The fourth-order valence-electron chi connectivity index (χ4n) is 2.67. The first-order chi connectivity index (χ1) is 10.1. The van der Waals surface area contributed by atoms with Gasteiger partial charge in [-0.15, -0.1) is 10.2 Å². The van der Waals surface area contributed by atoms with Crippen LogP contribution in [0.15, 0.2) is 18.5 Å².